The van der Waals surface area contributed by atoms with Gasteiger partial charge in [0.05, 0.1) is 0 Å². The van der Waals surface area contributed by atoms with Gasteiger partial charge in [0.2, 0.25) is 5.91 Å². The summed E-state index contributed by atoms with van der Waals surface area (Å²) in [4.78, 5) is 43.4. The van der Waals surface area contributed by atoms with Crippen molar-refractivity contribution >= 4 is 17.7 Å². The molecule has 1 saturated heterocycles. The molecule has 0 radical (unpaired) electrons. The Kier molecular flexibility index (Phi) is 4.27. The molecule has 0 bridgehead atoms. The van der Waals surface area contributed by atoms with Gasteiger partial charge in [-0.05, 0) is 25.0 Å². The molecule has 3 rings (SSSR count). The highest BCUT2D eigenvalue weighted by Gasteiger charge is 2.26. The van der Waals surface area contributed by atoms with E-state index in [1.54, 1.807) is 15.9 Å². The van der Waals surface area contributed by atoms with Gasteiger partial charge in [0, 0.05) is 50.9 Å². The monoisotopic (exact) mass is 316 g/mol. The molecule has 2 fully saturated rings. The van der Waals surface area contributed by atoms with Crippen molar-refractivity contribution in [1.29, 1.82) is 0 Å². The molecule has 1 saturated carbocycles. The molecule has 0 spiro atoms. The topological polar surface area (TPSA) is 82.6 Å². The standard InChI is InChI=1S/C16H20N4O3/c1-11(21)19-6-8-20(9-7-19)16(23)14-10-12(4-5-17-14)15(22)18-13-2-3-13/h4-5,10,13H,2-3,6-9H2,1H3,(H,18,22). The molecule has 3 amide bonds. The Balaban J connectivity index is 1.65. The first-order chi connectivity index (χ1) is 11.0. The third-order valence-corrected chi connectivity index (χ3v) is 4.17. The molecule has 0 unspecified atom stereocenters. The number of rotatable bonds is 3. The number of hydrogen-bond acceptors (Lipinski definition) is 4. The van der Waals surface area contributed by atoms with E-state index in [2.05, 4.69) is 10.3 Å². The zero-order chi connectivity index (χ0) is 16.4. The van der Waals surface area contributed by atoms with Gasteiger partial charge in [-0.2, -0.15) is 0 Å². The van der Waals surface area contributed by atoms with Crippen LogP contribution in [0.25, 0.3) is 0 Å². The molecular formula is C16H20N4O3. The quantitative estimate of drug-likeness (QED) is 0.868. The summed E-state index contributed by atoms with van der Waals surface area (Å²) in [6.07, 6.45) is 3.52. The van der Waals surface area contributed by atoms with E-state index in [4.69, 9.17) is 0 Å². The minimum atomic E-state index is -0.200. The van der Waals surface area contributed by atoms with Gasteiger partial charge in [0.25, 0.3) is 11.8 Å². The minimum Gasteiger partial charge on any atom is -0.349 e. The number of carbonyl (C=O) groups is 3. The van der Waals surface area contributed by atoms with Crippen LogP contribution in [0, 0.1) is 0 Å². The molecule has 1 aliphatic heterocycles. The van der Waals surface area contributed by atoms with Gasteiger partial charge < -0.3 is 15.1 Å². The first kappa shape index (κ1) is 15.5. The molecule has 7 nitrogen and oxygen atoms in total. The van der Waals surface area contributed by atoms with E-state index in [0.29, 0.717) is 31.7 Å². The third-order valence-electron chi connectivity index (χ3n) is 4.17. The van der Waals surface area contributed by atoms with Crippen molar-refractivity contribution in [3.63, 3.8) is 0 Å². The maximum absolute atomic E-state index is 12.5. The van der Waals surface area contributed by atoms with Crippen LogP contribution < -0.4 is 5.32 Å². The van der Waals surface area contributed by atoms with E-state index in [1.807, 2.05) is 0 Å². The Bertz CT molecular complexity index is 634. The number of hydrogen-bond donors (Lipinski definition) is 1. The van der Waals surface area contributed by atoms with Crippen molar-refractivity contribution in [1.82, 2.24) is 20.1 Å². The smallest absolute Gasteiger partial charge is 0.272 e. The van der Waals surface area contributed by atoms with Crippen LogP contribution in [-0.2, 0) is 4.79 Å². The summed E-state index contributed by atoms with van der Waals surface area (Å²) in [6.45, 7) is 3.56. The molecule has 23 heavy (non-hydrogen) atoms. The zero-order valence-electron chi connectivity index (χ0n) is 13.1. The van der Waals surface area contributed by atoms with E-state index in [9.17, 15) is 14.4 Å². The van der Waals surface area contributed by atoms with Crippen molar-refractivity contribution < 1.29 is 14.4 Å². The molecule has 0 atom stereocenters. The predicted molar refractivity (Wildman–Crippen MR) is 82.9 cm³/mol. The van der Waals surface area contributed by atoms with Gasteiger partial charge in [0.15, 0.2) is 0 Å². The van der Waals surface area contributed by atoms with E-state index < -0.39 is 0 Å². The first-order valence-corrected chi connectivity index (χ1v) is 7.86. The fourth-order valence-electron chi connectivity index (χ4n) is 2.57. The van der Waals surface area contributed by atoms with Gasteiger partial charge >= 0.3 is 0 Å². The molecular weight excluding hydrogens is 296 g/mol. The predicted octanol–water partition coefficient (Wildman–Crippen LogP) is 0.278. The lowest BCUT2D eigenvalue weighted by atomic mass is 10.2. The molecule has 2 aliphatic rings. The average molecular weight is 316 g/mol. The van der Waals surface area contributed by atoms with Crippen LogP contribution in [0.4, 0.5) is 0 Å². The van der Waals surface area contributed by atoms with E-state index in [1.165, 1.54) is 19.2 Å². The van der Waals surface area contributed by atoms with Gasteiger partial charge in [-0.25, -0.2) is 0 Å². The lowest BCUT2D eigenvalue weighted by molar-refractivity contribution is -0.130. The summed E-state index contributed by atoms with van der Waals surface area (Å²) in [5.74, 6) is -0.339. The van der Waals surface area contributed by atoms with Crippen LogP contribution in [0.2, 0.25) is 0 Å². The summed E-state index contributed by atoms with van der Waals surface area (Å²) < 4.78 is 0. The maximum Gasteiger partial charge on any atom is 0.272 e. The Morgan fingerprint density at radius 2 is 1.78 bits per heavy atom. The van der Waals surface area contributed by atoms with Crippen molar-refractivity contribution in [3.8, 4) is 0 Å². The zero-order valence-corrected chi connectivity index (χ0v) is 13.1. The largest absolute Gasteiger partial charge is 0.349 e. The lowest BCUT2D eigenvalue weighted by Crippen LogP contribution is -2.50. The van der Waals surface area contributed by atoms with Gasteiger partial charge in [-0.15, -0.1) is 0 Å². The van der Waals surface area contributed by atoms with E-state index in [-0.39, 0.29) is 29.5 Å². The number of nitrogens with one attached hydrogen (secondary N) is 1. The van der Waals surface area contributed by atoms with Gasteiger partial charge in [-0.1, -0.05) is 0 Å². The van der Waals surface area contributed by atoms with Crippen LogP contribution in [0.15, 0.2) is 18.3 Å². The Morgan fingerprint density at radius 1 is 1.13 bits per heavy atom. The number of amides is 3. The highest BCUT2D eigenvalue weighted by molar-refractivity contribution is 5.98. The molecule has 1 aromatic rings. The Morgan fingerprint density at radius 3 is 2.39 bits per heavy atom. The summed E-state index contributed by atoms with van der Waals surface area (Å²) in [6, 6.07) is 3.43. The maximum atomic E-state index is 12.5. The Labute approximate surface area is 134 Å². The second-order valence-corrected chi connectivity index (χ2v) is 5.98. The van der Waals surface area contributed by atoms with Gasteiger partial charge in [-0.3, -0.25) is 19.4 Å². The van der Waals surface area contributed by atoms with E-state index in [0.717, 1.165) is 12.8 Å². The second-order valence-electron chi connectivity index (χ2n) is 5.98. The lowest BCUT2D eigenvalue weighted by Gasteiger charge is -2.34. The average Bonchev–Trinajstić information content (AvgIpc) is 3.38. The molecule has 1 aromatic heterocycles. The van der Waals surface area contributed by atoms with Gasteiger partial charge in [0.1, 0.15) is 5.69 Å². The number of nitrogens with zero attached hydrogens (tertiary/aromatic N) is 3. The van der Waals surface area contributed by atoms with Crippen molar-refractivity contribution in [2.24, 2.45) is 0 Å². The molecule has 122 valence electrons. The molecule has 2 heterocycles. The summed E-state index contributed by atoms with van der Waals surface area (Å²) in [5.41, 5.74) is 0.724. The van der Waals surface area contributed by atoms with Crippen molar-refractivity contribution in [3.05, 3.63) is 29.6 Å². The summed E-state index contributed by atoms with van der Waals surface area (Å²) in [7, 11) is 0. The number of pyridine rings is 1. The molecule has 1 N–H and O–H groups in total. The third kappa shape index (κ3) is 3.67. The van der Waals surface area contributed by atoms with Crippen LogP contribution in [0.3, 0.4) is 0 Å². The normalized spacial score (nSPS) is 17.8. The highest BCUT2D eigenvalue weighted by Crippen LogP contribution is 2.19. The molecule has 1 aliphatic carbocycles. The Hall–Kier alpha value is -2.44. The fraction of sp³-hybridized carbons (Fsp3) is 0.500. The fourth-order valence-corrected chi connectivity index (χ4v) is 2.57. The summed E-state index contributed by atoms with van der Waals surface area (Å²) >= 11 is 0. The second kappa shape index (κ2) is 6.36. The SMILES string of the molecule is CC(=O)N1CCN(C(=O)c2cc(C(=O)NC3CC3)ccn2)CC1. The number of carbonyl (C=O) groups excluding carboxylic acids is 3. The highest BCUT2D eigenvalue weighted by atomic mass is 16.2. The van der Waals surface area contributed by atoms with Crippen LogP contribution in [-0.4, -0.2) is 64.7 Å². The van der Waals surface area contributed by atoms with Crippen LogP contribution in [0.5, 0.6) is 0 Å². The number of aromatic nitrogens is 1. The van der Waals surface area contributed by atoms with Crippen LogP contribution in [0.1, 0.15) is 40.6 Å². The number of piperazine rings is 1. The first-order valence-electron chi connectivity index (χ1n) is 7.86. The van der Waals surface area contributed by atoms with Crippen molar-refractivity contribution in [2.75, 3.05) is 26.2 Å². The minimum absolute atomic E-state index is 0.0222. The van der Waals surface area contributed by atoms with Crippen molar-refractivity contribution in [2.45, 2.75) is 25.8 Å². The van der Waals surface area contributed by atoms with Crippen LogP contribution >= 0.6 is 0 Å². The summed E-state index contributed by atoms with van der Waals surface area (Å²) in [5, 5.41) is 2.90. The molecule has 7 heteroatoms. The molecule has 0 aromatic carbocycles. The van der Waals surface area contributed by atoms with E-state index >= 15 is 0 Å².